The molecular formula is C11H15N3O5S. The van der Waals surface area contributed by atoms with Gasteiger partial charge >= 0.3 is 12.0 Å². The van der Waals surface area contributed by atoms with Gasteiger partial charge in [0.25, 0.3) is 5.91 Å². The van der Waals surface area contributed by atoms with Gasteiger partial charge in [-0.1, -0.05) is 6.92 Å². The van der Waals surface area contributed by atoms with Crippen molar-refractivity contribution in [3.05, 3.63) is 16.1 Å². The van der Waals surface area contributed by atoms with Crippen LogP contribution < -0.4 is 10.6 Å². The van der Waals surface area contributed by atoms with Gasteiger partial charge in [0.1, 0.15) is 18.2 Å². The number of thiazole rings is 1. The first-order chi connectivity index (χ1) is 9.51. The standard InChI is InChI=1S/C11H15N3O5S/c1-2-7-3-12-9(20-7)4-13-11(18)14-8(15)5-19-6-10(16)17/h3H,2,4-6H2,1H3,(H,16,17)(H2,13,14,15,18). The lowest BCUT2D eigenvalue weighted by atomic mass is 10.4. The van der Waals surface area contributed by atoms with Gasteiger partial charge in [0.2, 0.25) is 0 Å². The van der Waals surface area contributed by atoms with Crippen LogP contribution in [-0.4, -0.2) is 41.2 Å². The first-order valence-corrected chi connectivity index (χ1v) is 6.63. The molecule has 1 aromatic heterocycles. The van der Waals surface area contributed by atoms with E-state index in [-0.39, 0.29) is 6.54 Å². The summed E-state index contributed by atoms with van der Waals surface area (Å²) in [7, 11) is 0. The van der Waals surface area contributed by atoms with Crippen molar-refractivity contribution in [3.8, 4) is 0 Å². The summed E-state index contributed by atoms with van der Waals surface area (Å²) in [5.41, 5.74) is 0. The van der Waals surface area contributed by atoms with Crippen LogP contribution in [0.5, 0.6) is 0 Å². The van der Waals surface area contributed by atoms with Crippen LogP contribution in [0.4, 0.5) is 4.79 Å². The first kappa shape index (κ1) is 16.1. The number of hydrogen-bond acceptors (Lipinski definition) is 6. The highest BCUT2D eigenvalue weighted by Crippen LogP contribution is 2.12. The van der Waals surface area contributed by atoms with Crippen molar-refractivity contribution in [2.75, 3.05) is 13.2 Å². The van der Waals surface area contributed by atoms with Crippen molar-refractivity contribution < 1.29 is 24.2 Å². The van der Waals surface area contributed by atoms with Crippen LogP contribution in [-0.2, 0) is 27.3 Å². The maximum Gasteiger partial charge on any atom is 0.329 e. The maximum absolute atomic E-state index is 11.4. The number of nitrogens with one attached hydrogen (secondary N) is 2. The number of rotatable bonds is 7. The number of nitrogens with zero attached hydrogens (tertiary/aromatic N) is 1. The van der Waals surface area contributed by atoms with Gasteiger partial charge in [-0.25, -0.2) is 14.6 Å². The molecule has 0 spiro atoms. The van der Waals surface area contributed by atoms with E-state index in [1.54, 1.807) is 6.20 Å². The van der Waals surface area contributed by atoms with E-state index < -0.39 is 31.1 Å². The lowest BCUT2D eigenvalue weighted by molar-refractivity contribution is -0.143. The lowest BCUT2D eigenvalue weighted by Crippen LogP contribution is -2.41. The van der Waals surface area contributed by atoms with Crippen molar-refractivity contribution in [2.45, 2.75) is 19.9 Å². The largest absolute Gasteiger partial charge is 0.480 e. The van der Waals surface area contributed by atoms with Crippen molar-refractivity contribution in [1.29, 1.82) is 0 Å². The number of amides is 3. The Morgan fingerprint density at radius 3 is 2.75 bits per heavy atom. The van der Waals surface area contributed by atoms with Crippen LogP contribution in [0, 0.1) is 0 Å². The molecule has 0 saturated carbocycles. The van der Waals surface area contributed by atoms with E-state index >= 15 is 0 Å². The minimum atomic E-state index is -1.18. The second-order valence-corrected chi connectivity index (χ2v) is 4.89. The summed E-state index contributed by atoms with van der Waals surface area (Å²) in [4.78, 5) is 37.9. The molecule has 9 heteroatoms. The molecule has 8 nitrogen and oxygen atoms in total. The lowest BCUT2D eigenvalue weighted by Gasteiger charge is -2.05. The number of aromatic nitrogens is 1. The maximum atomic E-state index is 11.4. The number of carbonyl (C=O) groups excluding carboxylic acids is 2. The molecule has 0 fully saturated rings. The molecule has 1 rings (SSSR count). The van der Waals surface area contributed by atoms with E-state index in [9.17, 15) is 14.4 Å². The van der Waals surface area contributed by atoms with E-state index in [2.05, 4.69) is 15.0 Å². The Hall–Kier alpha value is -2.00. The minimum Gasteiger partial charge on any atom is -0.480 e. The fourth-order valence-corrected chi connectivity index (χ4v) is 1.99. The molecule has 0 atom stereocenters. The van der Waals surface area contributed by atoms with Crippen LogP contribution in [0.3, 0.4) is 0 Å². The van der Waals surface area contributed by atoms with Gasteiger partial charge in [-0.05, 0) is 6.42 Å². The SMILES string of the molecule is CCc1cnc(CNC(=O)NC(=O)COCC(=O)O)s1. The van der Waals surface area contributed by atoms with Crippen LogP contribution >= 0.6 is 11.3 Å². The Labute approximate surface area is 119 Å². The Morgan fingerprint density at radius 1 is 1.40 bits per heavy atom. The number of hydrogen-bond donors (Lipinski definition) is 3. The van der Waals surface area contributed by atoms with Gasteiger partial charge < -0.3 is 15.2 Å². The molecule has 0 saturated heterocycles. The van der Waals surface area contributed by atoms with Crippen LogP contribution in [0.1, 0.15) is 16.8 Å². The van der Waals surface area contributed by atoms with Crippen LogP contribution in [0.15, 0.2) is 6.20 Å². The number of aryl methyl sites for hydroxylation is 1. The van der Waals surface area contributed by atoms with E-state index in [0.717, 1.165) is 16.3 Å². The Kier molecular flexibility index (Phi) is 6.60. The molecule has 1 heterocycles. The summed E-state index contributed by atoms with van der Waals surface area (Å²) in [6.07, 6.45) is 2.62. The quantitative estimate of drug-likeness (QED) is 0.659. The second-order valence-electron chi connectivity index (χ2n) is 3.69. The third-order valence-corrected chi connectivity index (χ3v) is 3.20. The van der Waals surface area contributed by atoms with Crippen molar-refractivity contribution in [3.63, 3.8) is 0 Å². The number of carboxylic acids is 1. The van der Waals surface area contributed by atoms with Gasteiger partial charge in [-0.2, -0.15) is 0 Å². The average molecular weight is 301 g/mol. The van der Waals surface area contributed by atoms with Crippen molar-refractivity contribution >= 4 is 29.2 Å². The highest BCUT2D eigenvalue weighted by Gasteiger charge is 2.09. The van der Waals surface area contributed by atoms with Gasteiger partial charge in [0.15, 0.2) is 0 Å². The molecule has 0 bridgehead atoms. The molecule has 110 valence electrons. The first-order valence-electron chi connectivity index (χ1n) is 5.82. The third kappa shape index (κ3) is 6.25. The predicted molar refractivity (Wildman–Crippen MR) is 70.3 cm³/mol. The zero-order valence-corrected chi connectivity index (χ0v) is 11.7. The predicted octanol–water partition coefficient (Wildman–Crippen LogP) is 0.132. The molecule has 0 aliphatic heterocycles. The van der Waals surface area contributed by atoms with Crippen LogP contribution in [0.2, 0.25) is 0 Å². The van der Waals surface area contributed by atoms with E-state index in [1.807, 2.05) is 12.2 Å². The zero-order chi connectivity index (χ0) is 15.0. The monoisotopic (exact) mass is 301 g/mol. The summed E-state index contributed by atoms with van der Waals surface area (Å²) in [6.45, 7) is 1.15. The summed E-state index contributed by atoms with van der Waals surface area (Å²) in [6, 6.07) is -0.679. The molecule has 0 radical (unpaired) electrons. The van der Waals surface area contributed by atoms with Gasteiger partial charge in [-0.3, -0.25) is 10.1 Å². The highest BCUT2D eigenvalue weighted by atomic mass is 32.1. The highest BCUT2D eigenvalue weighted by molar-refractivity contribution is 7.11. The number of ether oxygens (including phenoxy) is 1. The molecule has 0 aromatic carbocycles. The molecule has 0 aliphatic rings. The zero-order valence-electron chi connectivity index (χ0n) is 10.8. The minimum absolute atomic E-state index is 0.222. The van der Waals surface area contributed by atoms with Gasteiger partial charge in [0, 0.05) is 11.1 Å². The van der Waals surface area contributed by atoms with E-state index in [1.165, 1.54) is 11.3 Å². The number of carboxylic acid groups (broad SMARTS) is 1. The summed E-state index contributed by atoms with van der Waals surface area (Å²) in [5, 5.41) is 13.5. The number of imide groups is 1. The second kappa shape index (κ2) is 8.23. The van der Waals surface area contributed by atoms with Crippen molar-refractivity contribution in [2.24, 2.45) is 0 Å². The Bertz CT molecular complexity index is 488. The molecule has 20 heavy (non-hydrogen) atoms. The molecule has 0 unspecified atom stereocenters. The van der Waals surface area contributed by atoms with Gasteiger partial charge in [-0.15, -0.1) is 11.3 Å². The Morgan fingerprint density at radius 2 is 2.15 bits per heavy atom. The topological polar surface area (TPSA) is 118 Å². The molecular weight excluding hydrogens is 286 g/mol. The summed E-state index contributed by atoms with van der Waals surface area (Å²) in [5.74, 6) is -1.89. The number of carbonyl (C=O) groups is 3. The van der Waals surface area contributed by atoms with E-state index in [4.69, 9.17) is 5.11 Å². The average Bonchev–Trinajstić information content (AvgIpc) is 2.83. The summed E-state index contributed by atoms with van der Waals surface area (Å²) >= 11 is 1.48. The molecule has 3 N–H and O–H groups in total. The number of urea groups is 1. The fraction of sp³-hybridized carbons (Fsp3) is 0.455. The normalized spacial score (nSPS) is 10.1. The van der Waals surface area contributed by atoms with Crippen molar-refractivity contribution in [1.82, 2.24) is 15.6 Å². The van der Waals surface area contributed by atoms with E-state index in [0.29, 0.717) is 0 Å². The van der Waals surface area contributed by atoms with Gasteiger partial charge in [0.05, 0.1) is 6.54 Å². The third-order valence-electron chi connectivity index (χ3n) is 2.06. The summed E-state index contributed by atoms with van der Waals surface area (Å²) < 4.78 is 4.54. The molecule has 0 aliphatic carbocycles. The van der Waals surface area contributed by atoms with Crippen LogP contribution in [0.25, 0.3) is 0 Å². The molecule has 3 amide bonds. The fourth-order valence-electron chi connectivity index (χ4n) is 1.19. The number of aliphatic carboxylic acids is 1. The molecule has 1 aromatic rings. The Balaban J connectivity index is 2.22. The smallest absolute Gasteiger partial charge is 0.329 e.